The minimum atomic E-state index is -1.11. The summed E-state index contributed by atoms with van der Waals surface area (Å²) in [5.74, 6) is -1.11. The number of halogens is 1. The SMILES string of the molecule is COCCC(Nc1ccc(Cl)cc1[N+](=O)[O-])C(=O)O. The van der Waals surface area contributed by atoms with E-state index in [9.17, 15) is 14.9 Å². The number of ether oxygens (including phenoxy) is 1. The molecule has 0 spiro atoms. The third kappa shape index (κ3) is 4.38. The van der Waals surface area contributed by atoms with E-state index in [4.69, 9.17) is 21.4 Å². The zero-order chi connectivity index (χ0) is 14.4. The number of nitro benzene ring substituents is 1. The molecule has 0 fully saturated rings. The molecular formula is C11H13ClN2O5. The maximum atomic E-state index is 11.0. The Morgan fingerprint density at radius 2 is 2.32 bits per heavy atom. The van der Waals surface area contributed by atoms with E-state index in [2.05, 4.69) is 5.32 Å². The Morgan fingerprint density at radius 1 is 1.63 bits per heavy atom. The molecule has 0 amide bonds. The lowest BCUT2D eigenvalue weighted by atomic mass is 10.2. The first-order valence-corrected chi connectivity index (χ1v) is 5.75. The van der Waals surface area contributed by atoms with Gasteiger partial charge in [0.15, 0.2) is 0 Å². The fourth-order valence-corrected chi connectivity index (χ4v) is 1.63. The first kappa shape index (κ1) is 15.2. The van der Waals surface area contributed by atoms with E-state index >= 15 is 0 Å². The lowest BCUT2D eigenvalue weighted by Gasteiger charge is -2.15. The molecule has 0 aliphatic rings. The van der Waals surface area contributed by atoms with Crippen LogP contribution in [0.1, 0.15) is 6.42 Å². The van der Waals surface area contributed by atoms with Gasteiger partial charge in [0.1, 0.15) is 11.7 Å². The third-order valence-corrected chi connectivity index (χ3v) is 2.63. The molecule has 0 aromatic heterocycles. The van der Waals surface area contributed by atoms with Crippen LogP contribution in [0.25, 0.3) is 0 Å². The molecule has 8 heteroatoms. The molecule has 7 nitrogen and oxygen atoms in total. The van der Waals surface area contributed by atoms with Crippen LogP contribution in [-0.2, 0) is 9.53 Å². The number of carboxylic acid groups (broad SMARTS) is 1. The largest absolute Gasteiger partial charge is 0.480 e. The van der Waals surface area contributed by atoms with Crippen molar-refractivity contribution in [1.29, 1.82) is 0 Å². The summed E-state index contributed by atoms with van der Waals surface area (Å²) in [4.78, 5) is 21.3. The molecule has 0 aliphatic carbocycles. The number of benzene rings is 1. The van der Waals surface area contributed by atoms with Gasteiger partial charge in [0.25, 0.3) is 5.69 Å². The number of carbonyl (C=O) groups is 1. The molecule has 1 rings (SSSR count). The second-order valence-corrected chi connectivity index (χ2v) is 4.17. The van der Waals surface area contributed by atoms with Crippen LogP contribution < -0.4 is 5.32 Å². The van der Waals surface area contributed by atoms with Crippen LogP contribution in [0.2, 0.25) is 5.02 Å². The highest BCUT2D eigenvalue weighted by Gasteiger charge is 2.22. The highest BCUT2D eigenvalue weighted by molar-refractivity contribution is 6.30. The zero-order valence-electron chi connectivity index (χ0n) is 10.1. The molecule has 0 saturated carbocycles. The summed E-state index contributed by atoms with van der Waals surface area (Å²) in [5, 5.41) is 22.7. The Hall–Kier alpha value is -1.86. The smallest absolute Gasteiger partial charge is 0.326 e. The maximum absolute atomic E-state index is 11.0. The monoisotopic (exact) mass is 288 g/mol. The van der Waals surface area contributed by atoms with Gasteiger partial charge in [0.05, 0.1) is 4.92 Å². The van der Waals surface area contributed by atoms with E-state index in [0.717, 1.165) is 0 Å². The molecule has 0 radical (unpaired) electrons. The van der Waals surface area contributed by atoms with Crippen molar-refractivity contribution in [3.05, 3.63) is 33.3 Å². The number of carboxylic acids is 1. The van der Waals surface area contributed by atoms with Gasteiger partial charge in [0.2, 0.25) is 0 Å². The van der Waals surface area contributed by atoms with E-state index < -0.39 is 16.9 Å². The van der Waals surface area contributed by atoms with E-state index in [-0.39, 0.29) is 29.4 Å². The summed E-state index contributed by atoms with van der Waals surface area (Å²) in [6.45, 7) is 0.228. The summed E-state index contributed by atoms with van der Waals surface area (Å²) < 4.78 is 4.80. The first-order valence-electron chi connectivity index (χ1n) is 5.38. The van der Waals surface area contributed by atoms with Crippen molar-refractivity contribution in [3.8, 4) is 0 Å². The number of nitrogens with one attached hydrogen (secondary N) is 1. The normalized spacial score (nSPS) is 11.9. The molecule has 1 atom stereocenters. The van der Waals surface area contributed by atoms with Gasteiger partial charge in [-0.15, -0.1) is 0 Å². The summed E-state index contributed by atoms with van der Waals surface area (Å²) in [6.07, 6.45) is 0.186. The molecule has 0 heterocycles. The van der Waals surface area contributed by atoms with Crippen molar-refractivity contribution in [3.63, 3.8) is 0 Å². The lowest BCUT2D eigenvalue weighted by molar-refractivity contribution is -0.384. The number of hydrogen-bond acceptors (Lipinski definition) is 5. The molecule has 19 heavy (non-hydrogen) atoms. The molecular weight excluding hydrogens is 276 g/mol. The third-order valence-electron chi connectivity index (χ3n) is 2.39. The number of anilines is 1. The fraction of sp³-hybridized carbons (Fsp3) is 0.364. The number of hydrogen-bond donors (Lipinski definition) is 2. The minimum Gasteiger partial charge on any atom is -0.480 e. The molecule has 0 aliphatic heterocycles. The van der Waals surface area contributed by atoms with Crippen molar-refractivity contribution >= 4 is 28.9 Å². The summed E-state index contributed by atoms with van der Waals surface area (Å²) >= 11 is 5.68. The van der Waals surface area contributed by atoms with Crippen LogP contribution >= 0.6 is 11.6 Å². The van der Waals surface area contributed by atoms with Crippen molar-refractivity contribution in [2.45, 2.75) is 12.5 Å². The summed E-state index contributed by atoms with van der Waals surface area (Å²) in [7, 11) is 1.45. The van der Waals surface area contributed by atoms with Gasteiger partial charge in [0, 0.05) is 31.2 Å². The molecule has 2 N–H and O–H groups in total. The summed E-state index contributed by atoms with van der Waals surface area (Å²) in [5.41, 5.74) is -0.158. The number of nitrogens with zero attached hydrogens (tertiary/aromatic N) is 1. The van der Waals surface area contributed by atoms with E-state index in [0.29, 0.717) is 0 Å². The Morgan fingerprint density at radius 3 is 2.84 bits per heavy atom. The average molecular weight is 289 g/mol. The molecule has 1 unspecified atom stereocenters. The second kappa shape index (κ2) is 6.91. The van der Waals surface area contributed by atoms with Crippen LogP contribution in [-0.4, -0.2) is 35.8 Å². The Labute approximate surface area is 114 Å². The maximum Gasteiger partial charge on any atom is 0.326 e. The molecule has 0 bridgehead atoms. The van der Waals surface area contributed by atoms with Gasteiger partial charge in [-0.3, -0.25) is 10.1 Å². The van der Waals surface area contributed by atoms with Crippen molar-refractivity contribution in [1.82, 2.24) is 0 Å². The molecule has 104 valence electrons. The molecule has 0 saturated heterocycles. The Kier molecular flexibility index (Phi) is 5.53. The van der Waals surface area contributed by atoms with Crippen molar-refractivity contribution in [2.75, 3.05) is 19.0 Å². The topological polar surface area (TPSA) is 102 Å². The van der Waals surface area contributed by atoms with Gasteiger partial charge in [-0.2, -0.15) is 0 Å². The number of methoxy groups -OCH3 is 1. The summed E-state index contributed by atoms with van der Waals surface area (Å²) in [6, 6.07) is 3.02. The molecule has 1 aromatic rings. The van der Waals surface area contributed by atoms with Crippen LogP contribution in [0.15, 0.2) is 18.2 Å². The standard InChI is InChI=1S/C11H13ClN2O5/c1-19-5-4-9(11(15)16)13-8-3-2-7(12)6-10(8)14(17)18/h2-3,6,9,13H,4-5H2,1H3,(H,15,16). The zero-order valence-corrected chi connectivity index (χ0v) is 10.9. The highest BCUT2D eigenvalue weighted by atomic mass is 35.5. The molecule has 1 aromatic carbocycles. The van der Waals surface area contributed by atoms with Crippen LogP contribution in [0.4, 0.5) is 11.4 Å². The van der Waals surface area contributed by atoms with E-state index in [1.807, 2.05) is 0 Å². The van der Waals surface area contributed by atoms with Gasteiger partial charge in [-0.1, -0.05) is 11.6 Å². The number of aliphatic carboxylic acids is 1. The fourth-order valence-electron chi connectivity index (χ4n) is 1.46. The second-order valence-electron chi connectivity index (χ2n) is 3.74. The predicted molar refractivity (Wildman–Crippen MR) is 69.6 cm³/mol. The predicted octanol–water partition coefficient (Wildman–Crippen LogP) is 2.15. The minimum absolute atomic E-state index is 0.109. The van der Waals surface area contributed by atoms with Gasteiger partial charge < -0.3 is 15.2 Å². The van der Waals surface area contributed by atoms with Crippen molar-refractivity contribution < 1.29 is 19.6 Å². The van der Waals surface area contributed by atoms with E-state index in [1.165, 1.54) is 25.3 Å². The number of rotatable bonds is 7. The lowest BCUT2D eigenvalue weighted by Crippen LogP contribution is -2.30. The van der Waals surface area contributed by atoms with E-state index in [1.54, 1.807) is 0 Å². The number of nitro groups is 1. The Bertz CT molecular complexity index is 480. The van der Waals surface area contributed by atoms with Gasteiger partial charge >= 0.3 is 5.97 Å². The highest BCUT2D eigenvalue weighted by Crippen LogP contribution is 2.28. The van der Waals surface area contributed by atoms with Crippen LogP contribution in [0.3, 0.4) is 0 Å². The van der Waals surface area contributed by atoms with Gasteiger partial charge in [-0.25, -0.2) is 4.79 Å². The average Bonchev–Trinajstić information content (AvgIpc) is 2.35. The van der Waals surface area contributed by atoms with Crippen LogP contribution in [0.5, 0.6) is 0 Å². The Balaban J connectivity index is 2.95. The first-order chi connectivity index (χ1) is 8.95. The quantitative estimate of drug-likeness (QED) is 0.589. The van der Waals surface area contributed by atoms with Crippen molar-refractivity contribution in [2.24, 2.45) is 0 Å². The van der Waals surface area contributed by atoms with Crippen LogP contribution in [0, 0.1) is 10.1 Å². The van der Waals surface area contributed by atoms with Gasteiger partial charge in [-0.05, 0) is 12.1 Å².